The fraction of sp³-hybridized carbons (Fsp3) is 0.409. The van der Waals surface area contributed by atoms with Gasteiger partial charge in [-0.05, 0) is 18.2 Å². The summed E-state index contributed by atoms with van der Waals surface area (Å²) in [6.07, 6.45) is 3.47. The first-order chi connectivity index (χ1) is 14.8. The summed E-state index contributed by atoms with van der Waals surface area (Å²) in [6, 6.07) is 12.3. The first-order valence-electron chi connectivity index (χ1n) is 10.5. The number of anilines is 2. The number of benzene rings is 1. The number of aliphatic hydroxyl groups is 1. The van der Waals surface area contributed by atoms with Gasteiger partial charge < -0.3 is 19.6 Å². The highest BCUT2D eigenvalue weighted by Gasteiger charge is 2.31. The maximum atomic E-state index is 9.13. The first-order valence-corrected chi connectivity index (χ1v) is 10.5. The Hall–Kier alpha value is -2.97. The zero-order valence-electron chi connectivity index (χ0n) is 16.9. The van der Waals surface area contributed by atoms with Gasteiger partial charge in [-0.1, -0.05) is 18.2 Å². The number of ether oxygens (including phenoxy) is 1. The minimum atomic E-state index is 0.0735. The Kier molecular flexibility index (Phi) is 5.33. The summed E-state index contributed by atoms with van der Waals surface area (Å²) in [5, 5.41) is 10.3. The fourth-order valence-electron chi connectivity index (χ4n) is 4.03. The smallest absolute Gasteiger partial charge is 0.258 e. The molecule has 0 aliphatic carbocycles. The Morgan fingerprint density at radius 2 is 1.73 bits per heavy atom. The van der Waals surface area contributed by atoms with E-state index in [1.165, 1.54) is 0 Å². The molecule has 2 aliphatic heterocycles. The van der Waals surface area contributed by atoms with Crippen LogP contribution in [0.25, 0.3) is 10.9 Å². The number of nitrogens with zero attached hydrogens (tertiary/aromatic N) is 6. The van der Waals surface area contributed by atoms with Crippen LogP contribution in [0, 0.1) is 0 Å². The number of hydrogen-bond donors (Lipinski definition) is 1. The predicted molar refractivity (Wildman–Crippen MR) is 116 cm³/mol. The molecule has 1 aromatic carbocycles. The summed E-state index contributed by atoms with van der Waals surface area (Å²) in [4.78, 5) is 20.5. The molecule has 3 aromatic rings. The molecule has 2 aromatic heterocycles. The number of pyridine rings is 1. The molecule has 0 spiro atoms. The van der Waals surface area contributed by atoms with Gasteiger partial charge in [-0.25, -0.2) is 15.0 Å². The van der Waals surface area contributed by atoms with Crippen LogP contribution < -0.4 is 14.5 Å². The molecule has 2 fully saturated rings. The summed E-state index contributed by atoms with van der Waals surface area (Å²) in [5.41, 5.74) is 1.01. The summed E-state index contributed by atoms with van der Waals surface area (Å²) >= 11 is 0. The summed E-state index contributed by atoms with van der Waals surface area (Å²) in [7, 11) is 0. The van der Waals surface area contributed by atoms with E-state index in [2.05, 4.69) is 42.9 Å². The second-order valence-electron chi connectivity index (χ2n) is 7.74. The summed E-state index contributed by atoms with van der Waals surface area (Å²) < 4.78 is 6.21. The molecular weight excluding hydrogens is 380 g/mol. The lowest BCUT2D eigenvalue weighted by Gasteiger charge is -2.40. The topological polar surface area (TPSA) is 77.8 Å². The van der Waals surface area contributed by atoms with Gasteiger partial charge in [-0.2, -0.15) is 0 Å². The van der Waals surface area contributed by atoms with Crippen molar-refractivity contribution >= 4 is 22.5 Å². The van der Waals surface area contributed by atoms with Crippen molar-refractivity contribution in [2.75, 3.05) is 62.2 Å². The molecule has 0 atom stereocenters. The fourth-order valence-corrected chi connectivity index (χ4v) is 4.03. The molecule has 0 unspecified atom stereocenters. The monoisotopic (exact) mass is 406 g/mol. The highest BCUT2D eigenvalue weighted by Crippen LogP contribution is 2.28. The Labute approximate surface area is 175 Å². The van der Waals surface area contributed by atoms with Crippen molar-refractivity contribution in [1.29, 1.82) is 0 Å². The van der Waals surface area contributed by atoms with Gasteiger partial charge in [0.15, 0.2) is 5.82 Å². The van der Waals surface area contributed by atoms with Crippen LogP contribution in [0.4, 0.5) is 11.6 Å². The lowest BCUT2D eigenvalue weighted by Crippen LogP contribution is -2.54. The summed E-state index contributed by atoms with van der Waals surface area (Å²) in [6.45, 7) is 6.00. The van der Waals surface area contributed by atoms with Crippen LogP contribution in [-0.2, 0) is 0 Å². The van der Waals surface area contributed by atoms with E-state index in [9.17, 15) is 0 Å². The number of para-hydroxylation sites is 1. The first kappa shape index (κ1) is 19.0. The predicted octanol–water partition coefficient (Wildman–Crippen LogP) is 1.41. The van der Waals surface area contributed by atoms with Crippen molar-refractivity contribution in [2.24, 2.45) is 0 Å². The normalized spacial score (nSPS) is 17.9. The quantitative estimate of drug-likeness (QED) is 0.658. The van der Waals surface area contributed by atoms with Gasteiger partial charge in [0.2, 0.25) is 0 Å². The molecule has 1 N–H and O–H groups in total. The van der Waals surface area contributed by atoms with E-state index in [4.69, 9.17) is 14.8 Å². The lowest BCUT2D eigenvalue weighted by molar-refractivity contribution is 0.158. The van der Waals surface area contributed by atoms with E-state index in [1.807, 2.05) is 18.2 Å². The second-order valence-corrected chi connectivity index (χ2v) is 7.74. The van der Waals surface area contributed by atoms with Crippen LogP contribution in [0.1, 0.15) is 0 Å². The van der Waals surface area contributed by atoms with Crippen LogP contribution in [0.2, 0.25) is 0 Å². The highest BCUT2D eigenvalue weighted by molar-refractivity contribution is 5.80. The molecular formula is C22H26N6O2. The zero-order chi connectivity index (χ0) is 20.3. The zero-order valence-corrected chi connectivity index (χ0v) is 16.9. The van der Waals surface area contributed by atoms with Gasteiger partial charge in [-0.3, -0.25) is 4.90 Å². The van der Waals surface area contributed by atoms with E-state index in [0.29, 0.717) is 5.88 Å². The van der Waals surface area contributed by atoms with Crippen molar-refractivity contribution in [3.05, 3.63) is 48.8 Å². The van der Waals surface area contributed by atoms with Gasteiger partial charge >= 0.3 is 0 Å². The van der Waals surface area contributed by atoms with Crippen LogP contribution >= 0.6 is 0 Å². The van der Waals surface area contributed by atoms with Crippen molar-refractivity contribution in [1.82, 2.24) is 19.9 Å². The SMILES string of the molecule is OCCN1CCN(c2nccnc2OC2CN(c3ccc4ccccc4n3)C2)CC1. The van der Waals surface area contributed by atoms with Crippen molar-refractivity contribution in [3.63, 3.8) is 0 Å². The van der Waals surface area contributed by atoms with Crippen molar-refractivity contribution < 1.29 is 9.84 Å². The number of aromatic nitrogens is 3. The molecule has 2 saturated heterocycles. The second kappa shape index (κ2) is 8.41. The average molecular weight is 406 g/mol. The largest absolute Gasteiger partial charge is 0.468 e. The Balaban J connectivity index is 1.21. The molecule has 0 bridgehead atoms. The molecule has 5 rings (SSSR count). The minimum Gasteiger partial charge on any atom is -0.468 e. The Morgan fingerprint density at radius 1 is 0.933 bits per heavy atom. The number of hydrogen-bond acceptors (Lipinski definition) is 8. The molecule has 0 radical (unpaired) electrons. The van der Waals surface area contributed by atoms with Gasteiger partial charge in [0.05, 0.1) is 25.2 Å². The van der Waals surface area contributed by atoms with E-state index >= 15 is 0 Å². The highest BCUT2D eigenvalue weighted by atomic mass is 16.5. The van der Waals surface area contributed by atoms with Gasteiger partial charge in [-0.15, -0.1) is 0 Å². The Morgan fingerprint density at radius 3 is 2.57 bits per heavy atom. The third-order valence-electron chi connectivity index (χ3n) is 5.77. The van der Waals surface area contributed by atoms with E-state index in [1.54, 1.807) is 12.4 Å². The Bertz CT molecular complexity index is 1000. The maximum Gasteiger partial charge on any atom is 0.258 e. The minimum absolute atomic E-state index is 0.0735. The molecule has 156 valence electrons. The van der Waals surface area contributed by atoms with E-state index in [-0.39, 0.29) is 12.7 Å². The number of fused-ring (bicyclic) bond motifs is 1. The summed E-state index contributed by atoms with van der Waals surface area (Å²) in [5.74, 6) is 2.39. The van der Waals surface area contributed by atoms with Gasteiger partial charge in [0, 0.05) is 50.5 Å². The standard InChI is InChI=1S/C22H26N6O2/c29-14-13-26-9-11-27(12-10-26)21-22(24-8-7-23-21)30-18-15-28(16-18)20-6-5-17-3-1-2-4-19(17)25-20/h1-8,18,29H,9-16H2. The maximum absolute atomic E-state index is 9.13. The van der Waals surface area contributed by atoms with Crippen molar-refractivity contribution in [3.8, 4) is 5.88 Å². The lowest BCUT2D eigenvalue weighted by atomic mass is 10.1. The molecule has 30 heavy (non-hydrogen) atoms. The van der Waals surface area contributed by atoms with Crippen LogP contribution in [0.5, 0.6) is 5.88 Å². The number of β-amino-alcohol motifs (C(OH)–C–C–N with tert-alkyl or cyclic N) is 1. The van der Waals surface area contributed by atoms with Crippen LogP contribution in [-0.4, -0.2) is 83.5 Å². The number of piperazine rings is 1. The van der Waals surface area contributed by atoms with E-state index in [0.717, 1.165) is 68.4 Å². The van der Waals surface area contributed by atoms with Gasteiger partial charge in [0.25, 0.3) is 5.88 Å². The van der Waals surface area contributed by atoms with Crippen molar-refractivity contribution in [2.45, 2.75) is 6.10 Å². The molecule has 8 heteroatoms. The van der Waals surface area contributed by atoms with Crippen LogP contribution in [0.15, 0.2) is 48.8 Å². The van der Waals surface area contributed by atoms with Gasteiger partial charge in [0.1, 0.15) is 11.9 Å². The molecule has 2 aliphatic rings. The molecule has 0 saturated carbocycles. The molecule has 8 nitrogen and oxygen atoms in total. The van der Waals surface area contributed by atoms with Crippen LogP contribution in [0.3, 0.4) is 0 Å². The third-order valence-corrected chi connectivity index (χ3v) is 5.77. The molecule has 0 amide bonds. The number of rotatable bonds is 6. The van der Waals surface area contributed by atoms with E-state index < -0.39 is 0 Å². The molecule has 4 heterocycles. The third kappa shape index (κ3) is 3.88. The average Bonchev–Trinajstić information content (AvgIpc) is 2.77. The number of aliphatic hydroxyl groups excluding tert-OH is 1.